The highest BCUT2D eigenvalue weighted by atomic mass is 32.2. The molecule has 11 aromatic carbocycles. The van der Waals surface area contributed by atoms with E-state index < -0.39 is 0 Å². The molecule has 0 radical (unpaired) electrons. The van der Waals surface area contributed by atoms with Crippen molar-refractivity contribution in [3.8, 4) is 33.4 Å². The van der Waals surface area contributed by atoms with Gasteiger partial charge >= 0.3 is 0 Å². The highest BCUT2D eigenvalue weighted by Gasteiger charge is 2.31. The number of aryl methyl sites for hydroxylation is 12. The Labute approximate surface area is 450 Å². The predicted molar refractivity (Wildman–Crippen MR) is 331 cm³/mol. The SMILES string of the molecule is Cc1cc(C)c(B(c2ccc(-c3ccc4c(c3)Sc3cccc5c3c-4cc3c4ccccc4c(-c4ccc(B(c6c(C)cc(C)cc6C)c6c(C)cc(C)cc6C)cc4)cc53)cc2)c2c(C)cc(C)cc2C)c(C)c1. The Bertz CT molecular complexity index is 3950. The molecule has 1 heterocycles. The molecule has 3 heteroatoms. The maximum Gasteiger partial charge on any atom is 0.242 e. The molecule has 0 nitrogen and oxygen atoms in total. The molecule has 0 saturated heterocycles. The summed E-state index contributed by atoms with van der Waals surface area (Å²) >= 11 is 1.91. The van der Waals surface area contributed by atoms with E-state index in [4.69, 9.17) is 0 Å². The van der Waals surface area contributed by atoms with Gasteiger partial charge in [0, 0.05) is 15.2 Å². The van der Waals surface area contributed by atoms with Gasteiger partial charge in [-0.05, 0) is 168 Å². The van der Waals surface area contributed by atoms with Crippen molar-refractivity contribution in [2.24, 2.45) is 0 Å². The van der Waals surface area contributed by atoms with E-state index in [1.54, 1.807) is 0 Å². The van der Waals surface area contributed by atoms with Crippen molar-refractivity contribution < 1.29 is 0 Å². The minimum absolute atomic E-state index is 0.131. The standard InChI is InChI=1S/C72H64B2S/c1-41-30-45(5)69(46(6)31-41)73(70-47(7)32-42(2)33-48(70)8)56-25-20-53(21-26-56)55-24-29-60-65-40-63-59-17-14-13-16-58(59)62(39-64(63)61-18-15-19-66(68(61)65)75-67(60)38-55)54-22-27-57(28-23-54)74(71-49(9)34-43(3)35-50(71)10)72-51(11)36-44(4)37-52(72)12/h13-40H,1-12H3. The van der Waals surface area contributed by atoms with Crippen LogP contribution in [0.15, 0.2) is 180 Å². The van der Waals surface area contributed by atoms with Gasteiger partial charge < -0.3 is 0 Å². The van der Waals surface area contributed by atoms with Crippen molar-refractivity contribution in [2.75, 3.05) is 0 Å². The van der Waals surface area contributed by atoms with Crippen LogP contribution in [0.4, 0.5) is 0 Å². The van der Waals surface area contributed by atoms with Crippen LogP contribution in [-0.2, 0) is 0 Å². The number of rotatable bonds is 8. The number of benzene rings is 11. The first kappa shape index (κ1) is 48.6. The van der Waals surface area contributed by atoms with Crippen LogP contribution in [0.25, 0.3) is 65.7 Å². The first-order valence-corrected chi connectivity index (χ1v) is 27.7. The van der Waals surface area contributed by atoms with E-state index in [9.17, 15) is 0 Å². The second-order valence-corrected chi connectivity index (χ2v) is 23.4. The lowest BCUT2D eigenvalue weighted by atomic mass is 9.34. The first-order chi connectivity index (χ1) is 36.1. The molecule has 1 aliphatic rings. The zero-order valence-electron chi connectivity index (χ0n) is 45.7. The van der Waals surface area contributed by atoms with Crippen molar-refractivity contribution in [3.63, 3.8) is 0 Å². The van der Waals surface area contributed by atoms with Gasteiger partial charge in [-0.3, -0.25) is 0 Å². The molecule has 0 aliphatic carbocycles. The van der Waals surface area contributed by atoms with Gasteiger partial charge in [-0.1, -0.05) is 257 Å². The normalized spacial score (nSPS) is 11.9. The molecule has 12 rings (SSSR count). The van der Waals surface area contributed by atoms with Gasteiger partial charge in [0.2, 0.25) is 13.4 Å². The summed E-state index contributed by atoms with van der Waals surface area (Å²) in [5.74, 6) is 0. The maximum atomic E-state index is 2.50. The Morgan fingerprint density at radius 3 is 1.12 bits per heavy atom. The average molecular weight is 983 g/mol. The summed E-state index contributed by atoms with van der Waals surface area (Å²) in [4.78, 5) is 2.62. The third-order valence-electron chi connectivity index (χ3n) is 16.7. The Balaban J connectivity index is 0.939. The summed E-state index contributed by atoms with van der Waals surface area (Å²) in [5.41, 5.74) is 32.0. The molecule has 0 aromatic heterocycles. The van der Waals surface area contributed by atoms with E-state index in [-0.39, 0.29) is 13.4 Å². The fourth-order valence-electron chi connectivity index (χ4n) is 14.0. The number of fused-ring (bicyclic) bond motifs is 6. The summed E-state index contributed by atoms with van der Waals surface area (Å²) < 4.78 is 0. The molecule has 0 bridgehead atoms. The van der Waals surface area contributed by atoms with E-state index in [1.807, 2.05) is 11.8 Å². The maximum absolute atomic E-state index is 2.50. The molecule has 364 valence electrons. The van der Waals surface area contributed by atoms with Crippen molar-refractivity contribution in [3.05, 3.63) is 237 Å². The van der Waals surface area contributed by atoms with Crippen LogP contribution in [-0.4, -0.2) is 13.4 Å². The Morgan fingerprint density at radius 2 is 0.653 bits per heavy atom. The lowest BCUT2D eigenvalue weighted by molar-refractivity contribution is 1.34. The molecular formula is C72H64B2S. The van der Waals surface area contributed by atoms with Crippen LogP contribution in [0, 0.1) is 83.1 Å². The molecule has 0 N–H and O–H groups in total. The smallest absolute Gasteiger partial charge is 0.0888 e. The van der Waals surface area contributed by atoms with Crippen LogP contribution in [0.5, 0.6) is 0 Å². The third-order valence-corrected chi connectivity index (χ3v) is 17.8. The zero-order chi connectivity index (χ0) is 52.1. The van der Waals surface area contributed by atoms with Gasteiger partial charge in [0.1, 0.15) is 0 Å². The van der Waals surface area contributed by atoms with Gasteiger partial charge in [0.15, 0.2) is 0 Å². The molecular weight excluding hydrogens is 918 g/mol. The van der Waals surface area contributed by atoms with Crippen LogP contribution in [0.1, 0.15) is 66.8 Å². The van der Waals surface area contributed by atoms with Gasteiger partial charge in [0.05, 0.1) is 0 Å². The topological polar surface area (TPSA) is 0 Å². The van der Waals surface area contributed by atoms with Gasteiger partial charge in [-0.25, -0.2) is 0 Å². The lowest BCUT2D eigenvalue weighted by Gasteiger charge is -2.25. The monoisotopic (exact) mass is 982 g/mol. The molecule has 0 saturated carbocycles. The van der Waals surface area contributed by atoms with Crippen molar-refractivity contribution in [2.45, 2.75) is 92.9 Å². The second-order valence-electron chi connectivity index (χ2n) is 22.3. The minimum atomic E-state index is 0.131. The average Bonchev–Trinajstić information content (AvgIpc) is 3.37. The van der Waals surface area contributed by atoms with Gasteiger partial charge in [-0.2, -0.15) is 0 Å². The number of hydrogen-bond donors (Lipinski definition) is 0. The fraction of sp³-hybridized carbons (Fsp3) is 0.167. The van der Waals surface area contributed by atoms with Crippen LogP contribution >= 0.6 is 11.8 Å². The number of hydrogen-bond acceptors (Lipinski definition) is 1. The first-order valence-electron chi connectivity index (χ1n) is 26.9. The summed E-state index contributed by atoms with van der Waals surface area (Å²) in [7, 11) is 0. The van der Waals surface area contributed by atoms with Crippen LogP contribution in [0.2, 0.25) is 0 Å². The Kier molecular flexibility index (Phi) is 12.2. The quantitative estimate of drug-likeness (QED) is 0.108. The highest BCUT2D eigenvalue weighted by Crippen LogP contribution is 2.52. The van der Waals surface area contributed by atoms with E-state index in [0.717, 1.165) is 0 Å². The van der Waals surface area contributed by atoms with Crippen LogP contribution in [0.3, 0.4) is 0 Å². The molecule has 0 fully saturated rings. The Hall–Kier alpha value is -7.32. The molecule has 0 unspecified atom stereocenters. The lowest BCUT2D eigenvalue weighted by Crippen LogP contribution is -2.55. The summed E-state index contributed by atoms with van der Waals surface area (Å²) in [6.07, 6.45) is 0. The molecule has 1 aliphatic heterocycles. The van der Waals surface area contributed by atoms with E-state index in [1.165, 1.54) is 175 Å². The third kappa shape index (κ3) is 8.36. The van der Waals surface area contributed by atoms with Gasteiger partial charge in [0.25, 0.3) is 0 Å². The van der Waals surface area contributed by atoms with Gasteiger partial charge in [-0.15, -0.1) is 0 Å². The van der Waals surface area contributed by atoms with Crippen molar-refractivity contribution >= 4 is 90.3 Å². The molecule has 0 spiro atoms. The Morgan fingerprint density at radius 1 is 0.267 bits per heavy atom. The van der Waals surface area contributed by atoms with Crippen LogP contribution < -0.4 is 32.8 Å². The fourth-order valence-corrected chi connectivity index (χ4v) is 15.1. The summed E-state index contributed by atoms with van der Waals surface area (Å²) in [5, 5.41) is 7.82. The molecule has 11 aromatic rings. The van der Waals surface area contributed by atoms with Crippen molar-refractivity contribution in [1.82, 2.24) is 0 Å². The predicted octanol–water partition coefficient (Wildman–Crippen LogP) is 15.3. The molecule has 0 atom stereocenters. The molecule has 75 heavy (non-hydrogen) atoms. The second kappa shape index (κ2) is 18.8. The summed E-state index contributed by atoms with van der Waals surface area (Å²) in [6.45, 7) is 27.5. The van der Waals surface area contributed by atoms with Crippen molar-refractivity contribution in [1.29, 1.82) is 0 Å². The van der Waals surface area contributed by atoms with E-state index in [0.29, 0.717) is 0 Å². The largest absolute Gasteiger partial charge is 0.242 e. The summed E-state index contributed by atoms with van der Waals surface area (Å²) in [6, 6.07) is 66.0. The van der Waals surface area contributed by atoms with E-state index >= 15 is 0 Å². The minimum Gasteiger partial charge on any atom is -0.0888 e. The zero-order valence-corrected chi connectivity index (χ0v) is 46.5. The highest BCUT2D eigenvalue weighted by molar-refractivity contribution is 7.99. The molecule has 0 amide bonds. The van der Waals surface area contributed by atoms with E-state index in [2.05, 4.69) is 253 Å².